The number of hydrogen-bond donors (Lipinski definition) is 1. The minimum atomic E-state index is -0.0503. The van der Waals surface area contributed by atoms with E-state index in [4.69, 9.17) is 0 Å². The highest BCUT2D eigenvalue weighted by Gasteiger charge is 2.21. The second kappa shape index (κ2) is 8.74. The summed E-state index contributed by atoms with van der Waals surface area (Å²) in [5.74, 6) is 0.00229. The summed E-state index contributed by atoms with van der Waals surface area (Å²) < 4.78 is 2.09. The molecule has 0 bridgehead atoms. The Morgan fingerprint density at radius 3 is 2.52 bits per heavy atom. The monoisotopic (exact) mass is 383 g/mol. The van der Waals surface area contributed by atoms with Gasteiger partial charge in [-0.3, -0.25) is 4.79 Å². The van der Waals surface area contributed by atoms with Crippen molar-refractivity contribution in [3.05, 3.63) is 108 Å². The molecule has 2 heterocycles. The smallest absolute Gasteiger partial charge is 0.221 e. The first-order valence-electron chi connectivity index (χ1n) is 10.00. The lowest BCUT2D eigenvalue weighted by Gasteiger charge is -2.17. The number of aryl methyl sites for hydroxylation is 1. The zero-order valence-corrected chi connectivity index (χ0v) is 16.6. The minimum Gasteiger partial charge on any atom is -0.356 e. The minimum absolute atomic E-state index is 0.0503. The molecule has 0 radical (unpaired) electrons. The van der Waals surface area contributed by atoms with Crippen LogP contribution < -0.4 is 5.32 Å². The fourth-order valence-corrected chi connectivity index (χ4v) is 3.69. The number of pyridine rings is 1. The molecule has 0 spiro atoms. The highest BCUT2D eigenvalue weighted by Crippen LogP contribution is 2.28. The van der Waals surface area contributed by atoms with E-state index in [9.17, 15) is 4.79 Å². The Labute approximate surface area is 171 Å². The van der Waals surface area contributed by atoms with E-state index in [1.54, 1.807) is 0 Å². The lowest BCUT2D eigenvalue weighted by Crippen LogP contribution is -2.27. The Balaban J connectivity index is 1.52. The molecule has 4 nitrogen and oxygen atoms in total. The standard InChI is InChI=1S/C25H25N3O/c1-19-13-15-28-23(18-27-24(28)16-19)22(21-10-6-3-7-11-21)17-25(29)26-14-12-20-8-4-2-5-9-20/h2-11,13,15-16,18,22H,12,14,17H2,1H3,(H,26,29). The normalized spacial score (nSPS) is 12.0. The number of amides is 1. The van der Waals surface area contributed by atoms with Crippen molar-refractivity contribution in [1.82, 2.24) is 14.7 Å². The molecule has 0 saturated carbocycles. The van der Waals surface area contributed by atoms with E-state index >= 15 is 0 Å². The van der Waals surface area contributed by atoms with E-state index < -0.39 is 0 Å². The average Bonchev–Trinajstić information content (AvgIpc) is 3.16. The lowest BCUT2D eigenvalue weighted by molar-refractivity contribution is -0.121. The summed E-state index contributed by atoms with van der Waals surface area (Å²) in [7, 11) is 0. The summed E-state index contributed by atoms with van der Waals surface area (Å²) in [6, 6.07) is 24.5. The van der Waals surface area contributed by atoms with Crippen LogP contribution in [0.15, 0.2) is 85.2 Å². The molecule has 1 unspecified atom stereocenters. The van der Waals surface area contributed by atoms with Crippen LogP contribution in [0, 0.1) is 6.92 Å². The van der Waals surface area contributed by atoms with Gasteiger partial charge in [0.05, 0.1) is 5.69 Å². The number of carbonyl (C=O) groups excluding carboxylic acids is 1. The van der Waals surface area contributed by atoms with Crippen molar-refractivity contribution >= 4 is 11.6 Å². The third kappa shape index (κ3) is 4.54. The number of hydrogen-bond acceptors (Lipinski definition) is 2. The van der Waals surface area contributed by atoms with Gasteiger partial charge in [-0.25, -0.2) is 4.98 Å². The predicted octanol–water partition coefficient (Wildman–Crippen LogP) is 4.52. The van der Waals surface area contributed by atoms with Crippen molar-refractivity contribution in [2.45, 2.75) is 25.7 Å². The fraction of sp³-hybridized carbons (Fsp3) is 0.200. The Morgan fingerprint density at radius 2 is 1.76 bits per heavy atom. The fourth-order valence-electron chi connectivity index (χ4n) is 3.69. The van der Waals surface area contributed by atoms with Gasteiger partial charge in [-0.2, -0.15) is 0 Å². The van der Waals surface area contributed by atoms with Crippen molar-refractivity contribution in [2.24, 2.45) is 0 Å². The first-order chi connectivity index (χ1) is 14.2. The van der Waals surface area contributed by atoms with Gasteiger partial charge in [0, 0.05) is 31.3 Å². The van der Waals surface area contributed by atoms with Crippen molar-refractivity contribution in [3.8, 4) is 0 Å². The molecule has 0 aliphatic carbocycles. The van der Waals surface area contributed by atoms with E-state index in [0.29, 0.717) is 13.0 Å². The van der Waals surface area contributed by atoms with Crippen LogP contribution in [0.2, 0.25) is 0 Å². The summed E-state index contributed by atoms with van der Waals surface area (Å²) in [6.07, 6.45) is 5.15. The van der Waals surface area contributed by atoms with Gasteiger partial charge in [-0.15, -0.1) is 0 Å². The molecular weight excluding hydrogens is 358 g/mol. The van der Waals surface area contributed by atoms with E-state index in [-0.39, 0.29) is 11.8 Å². The molecule has 2 aromatic carbocycles. The van der Waals surface area contributed by atoms with E-state index in [0.717, 1.165) is 23.3 Å². The molecule has 1 N–H and O–H groups in total. The molecule has 1 amide bonds. The molecule has 146 valence electrons. The van der Waals surface area contributed by atoms with Gasteiger partial charge in [-0.05, 0) is 42.2 Å². The Kier molecular flexibility index (Phi) is 5.71. The van der Waals surface area contributed by atoms with Crippen LogP contribution >= 0.6 is 0 Å². The molecule has 0 fully saturated rings. The summed E-state index contributed by atoms with van der Waals surface area (Å²) in [4.78, 5) is 17.3. The van der Waals surface area contributed by atoms with Gasteiger partial charge in [0.25, 0.3) is 0 Å². The predicted molar refractivity (Wildman–Crippen MR) is 116 cm³/mol. The Morgan fingerprint density at radius 1 is 1.03 bits per heavy atom. The zero-order valence-electron chi connectivity index (χ0n) is 16.6. The molecule has 4 heteroatoms. The van der Waals surface area contributed by atoms with Crippen LogP contribution in [0.5, 0.6) is 0 Å². The van der Waals surface area contributed by atoms with Crippen LogP contribution in [-0.2, 0) is 11.2 Å². The van der Waals surface area contributed by atoms with E-state index in [2.05, 4.69) is 58.0 Å². The van der Waals surface area contributed by atoms with Crippen molar-refractivity contribution in [2.75, 3.05) is 6.54 Å². The number of nitrogens with zero attached hydrogens (tertiary/aromatic N) is 2. The quantitative estimate of drug-likeness (QED) is 0.510. The molecular formula is C25H25N3O. The number of rotatable bonds is 7. The number of aromatic nitrogens is 2. The molecule has 4 rings (SSSR count). The van der Waals surface area contributed by atoms with Crippen LogP contribution in [0.1, 0.15) is 34.7 Å². The zero-order chi connectivity index (χ0) is 20.1. The summed E-state index contributed by atoms with van der Waals surface area (Å²) in [5.41, 5.74) is 5.46. The van der Waals surface area contributed by atoms with Crippen LogP contribution in [-0.4, -0.2) is 21.8 Å². The van der Waals surface area contributed by atoms with Gasteiger partial charge >= 0.3 is 0 Å². The van der Waals surface area contributed by atoms with Crippen molar-refractivity contribution in [3.63, 3.8) is 0 Å². The number of fused-ring (bicyclic) bond motifs is 1. The highest BCUT2D eigenvalue weighted by atomic mass is 16.1. The molecule has 1 atom stereocenters. The molecule has 2 aromatic heterocycles. The third-order valence-electron chi connectivity index (χ3n) is 5.22. The molecule has 29 heavy (non-hydrogen) atoms. The first-order valence-corrected chi connectivity index (χ1v) is 10.00. The van der Waals surface area contributed by atoms with Gasteiger partial charge in [0.15, 0.2) is 0 Å². The highest BCUT2D eigenvalue weighted by molar-refractivity contribution is 5.77. The number of benzene rings is 2. The first kappa shape index (κ1) is 18.9. The van der Waals surface area contributed by atoms with E-state index in [1.165, 1.54) is 11.1 Å². The van der Waals surface area contributed by atoms with Gasteiger partial charge in [0.2, 0.25) is 5.91 Å². The maximum absolute atomic E-state index is 12.8. The second-order valence-electron chi connectivity index (χ2n) is 7.37. The third-order valence-corrected chi connectivity index (χ3v) is 5.22. The summed E-state index contributed by atoms with van der Waals surface area (Å²) >= 11 is 0. The molecule has 0 aliphatic rings. The van der Waals surface area contributed by atoms with Crippen LogP contribution in [0.3, 0.4) is 0 Å². The topological polar surface area (TPSA) is 46.4 Å². The number of nitrogens with one attached hydrogen (secondary N) is 1. The number of imidazole rings is 1. The summed E-state index contributed by atoms with van der Waals surface area (Å²) in [5, 5.41) is 3.08. The summed E-state index contributed by atoms with van der Waals surface area (Å²) in [6.45, 7) is 2.69. The maximum Gasteiger partial charge on any atom is 0.221 e. The molecule has 0 aliphatic heterocycles. The van der Waals surface area contributed by atoms with Crippen molar-refractivity contribution in [1.29, 1.82) is 0 Å². The van der Waals surface area contributed by atoms with Gasteiger partial charge in [0.1, 0.15) is 5.65 Å². The SMILES string of the molecule is Cc1ccn2c(C(CC(=O)NCCc3ccccc3)c3ccccc3)cnc2c1. The Hall–Kier alpha value is -3.40. The van der Waals surface area contributed by atoms with Crippen LogP contribution in [0.4, 0.5) is 0 Å². The largest absolute Gasteiger partial charge is 0.356 e. The number of carbonyl (C=O) groups is 1. The van der Waals surface area contributed by atoms with E-state index in [1.807, 2.05) is 48.8 Å². The van der Waals surface area contributed by atoms with Gasteiger partial charge in [-0.1, -0.05) is 60.7 Å². The van der Waals surface area contributed by atoms with Crippen molar-refractivity contribution < 1.29 is 4.79 Å². The van der Waals surface area contributed by atoms with Gasteiger partial charge < -0.3 is 9.72 Å². The lowest BCUT2D eigenvalue weighted by atomic mass is 9.92. The average molecular weight is 383 g/mol. The molecule has 4 aromatic rings. The Bertz CT molecular complexity index is 1090. The molecule has 0 saturated heterocycles. The maximum atomic E-state index is 12.8. The van der Waals surface area contributed by atoms with Crippen LogP contribution in [0.25, 0.3) is 5.65 Å². The second-order valence-corrected chi connectivity index (χ2v) is 7.37.